The van der Waals surface area contributed by atoms with E-state index in [9.17, 15) is 0 Å². The van der Waals surface area contributed by atoms with E-state index in [2.05, 4.69) is 42.2 Å². The van der Waals surface area contributed by atoms with Gasteiger partial charge in [0.15, 0.2) is 0 Å². The van der Waals surface area contributed by atoms with Gasteiger partial charge < -0.3 is 5.32 Å². The van der Waals surface area contributed by atoms with Crippen LogP contribution in [0.25, 0.3) is 0 Å². The largest absolute Gasteiger partial charge is 0.362 e. The van der Waals surface area contributed by atoms with Crippen molar-refractivity contribution in [3.8, 4) is 0 Å². The maximum atomic E-state index is 4.32. The molecule has 0 aromatic heterocycles. The molecule has 2 aromatic rings. The van der Waals surface area contributed by atoms with Crippen LogP contribution < -0.4 is 5.32 Å². The third kappa shape index (κ3) is 7.07. The van der Waals surface area contributed by atoms with Crippen molar-refractivity contribution in [2.24, 2.45) is 4.99 Å². The summed E-state index contributed by atoms with van der Waals surface area (Å²) in [5.41, 5.74) is 1.98. The predicted molar refractivity (Wildman–Crippen MR) is 106 cm³/mol. The van der Waals surface area contributed by atoms with E-state index in [0.717, 1.165) is 20.3 Å². The first-order valence-corrected chi connectivity index (χ1v) is 7.96. The summed E-state index contributed by atoms with van der Waals surface area (Å²) in [6, 6.07) is 15.9. The number of nitrogens with zero attached hydrogens (tertiary/aromatic N) is 1. The van der Waals surface area contributed by atoms with E-state index in [4.69, 9.17) is 0 Å². The molecule has 0 spiro atoms. The highest BCUT2D eigenvalue weighted by Crippen LogP contribution is 2.16. The highest BCUT2D eigenvalue weighted by molar-refractivity contribution is 9.10. The summed E-state index contributed by atoms with van der Waals surface area (Å²) in [4.78, 5) is 4.32. The van der Waals surface area contributed by atoms with E-state index in [1.54, 1.807) is 6.21 Å². The van der Waals surface area contributed by atoms with Crippen molar-refractivity contribution in [3.05, 3.63) is 81.9 Å². The van der Waals surface area contributed by atoms with Crippen LogP contribution in [-0.2, 0) is 0 Å². The average molecular weight is 443 g/mol. The first kappa shape index (κ1) is 18.7. The second kappa shape index (κ2) is 10.4. The molecule has 0 amide bonds. The van der Waals surface area contributed by atoms with Crippen molar-refractivity contribution < 1.29 is 0 Å². The molecular weight excluding hydrogens is 427 g/mol. The van der Waals surface area contributed by atoms with Gasteiger partial charge in [0, 0.05) is 27.0 Å². The summed E-state index contributed by atoms with van der Waals surface area (Å²) in [7, 11) is 0. The molecule has 22 heavy (non-hydrogen) atoms. The molecule has 2 aromatic carbocycles. The lowest BCUT2D eigenvalue weighted by atomic mass is 10.3. The Bertz CT molecular complexity index is 647. The molecule has 0 aliphatic rings. The lowest BCUT2D eigenvalue weighted by molar-refractivity contribution is 1.52. The molecule has 5 heteroatoms. The summed E-state index contributed by atoms with van der Waals surface area (Å²) in [6.45, 7) is 0. The Hall–Kier alpha value is -1.36. The Kier molecular flexibility index (Phi) is 8.82. The molecule has 2 rings (SSSR count). The van der Waals surface area contributed by atoms with E-state index in [1.165, 1.54) is 0 Å². The summed E-state index contributed by atoms with van der Waals surface area (Å²) in [5.74, 6) is 0. The van der Waals surface area contributed by atoms with Gasteiger partial charge in [-0.3, -0.25) is 4.99 Å². The van der Waals surface area contributed by atoms with Crippen molar-refractivity contribution in [1.82, 2.24) is 0 Å². The normalized spacial score (nSPS) is 11.2. The minimum absolute atomic E-state index is 0. The molecule has 0 bridgehead atoms. The van der Waals surface area contributed by atoms with Gasteiger partial charge >= 0.3 is 0 Å². The number of hydrogen-bond donors (Lipinski definition) is 1. The van der Waals surface area contributed by atoms with E-state index in [0.29, 0.717) is 0 Å². The first-order chi connectivity index (χ1) is 10.2. The van der Waals surface area contributed by atoms with Crippen molar-refractivity contribution in [2.45, 2.75) is 0 Å². The smallest absolute Gasteiger partial charge is 0.0630 e. The summed E-state index contributed by atoms with van der Waals surface area (Å²) >= 11 is 6.80. The molecule has 2 nitrogen and oxygen atoms in total. The van der Waals surface area contributed by atoms with E-state index >= 15 is 0 Å². The number of aliphatic imine (C=N–C) groups is 1. The van der Waals surface area contributed by atoms with Gasteiger partial charge in [0.25, 0.3) is 0 Å². The Morgan fingerprint density at radius 1 is 0.773 bits per heavy atom. The van der Waals surface area contributed by atoms with Gasteiger partial charge in [-0.1, -0.05) is 37.9 Å². The van der Waals surface area contributed by atoms with Gasteiger partial charge in [-0.2, -0.15) is 0 Å². The van der Waals surface area contributed by atoms with Crippen LogP contribution in [0.4, 0.5) is 11.4 Å². The number of halogens is 3. The molecule has 0 aliphatic heterocycles. The Morgan fingerprint density at radius 3 is 2.00 bits per heavy atom. The van der Waals surface area contributed by atoms with E-state index < -0.39 is 0 Å². The zero-order chi connectivity index (χ0) is 14.9. The number of hydrogen-bond acceptors (Lipinski definition) is 2. The molecule has 0 fully saturated rings. The third-order valence-corrected chi connectivity index (χ3v) is 3.61. The molecule has 0 aliphatic carbocycles. The highest BCUT2D eigenvalue weighted by Gasteiger charge is 1.87. The second-order valence-electron chi connectivity index (χ2n) is 4.15. The zero-order valence-electron chi connectivity index (χ0n) is 11.6. The molecule has 0 saturated carbocycles. The van der Waals surface area contributed by atoms with Crippen LogP contribution in [0, 0.1) is 0 Å². The third-order valence-electron chi connectivity index (χ3n) is 2.55. The van der Waals surface area contributed by atoms with Crippen LogP contribution in [0.15, 0.2) is 86.9 Å². The van der Waals surface area contributed by atoms with Gasteiger partial charge in [-0.15, -0.1) is 12.4 Å². The number of benzene rings is 2. The fourth-order valence-electron chi connectivity index (χ4n) is 1.52. The fourth-order valence-corrected chi connectivity index (χ4v) is 2.04. The quantitative estimate of drug-likeness (QED) is 0.414. The fraction of sp³-hybridized carbons (Fsp3) is 0. The Balaban J connectivity index is 0.00000242. The Labute approximate surface area is 153 Å². The lowest BCUT2D eigenvalue weighted by Crippen LogP contribution is -1.85. The van der Waals surface area contributed by atoms with Crippen molar-refractivity contribution in [1.29, 1.82) is 0 Å². The SMILES string of the molecule is Brc1ccc(N=CC=CC=CNc2ccc(Br)cc2)cc1.Cl. The van der Waals surface area contributed by atoms with Gasteiger partial charge in [0.05, 0.1) is 5.69 Å². The molecule has 0 unspecified atom stereocenters. The maximum absolute atomic E-state index is 4.32. The van der Waals surface area contributed by atoms with Crippen LogP contribution in [0.1, 0.15) is 0 Å². The first-order valence-electron chi connectivity index (χ1n) is 6.37. The standard InChI is InChI=1S/C17H14Br2N2.ClH/c18-14-4-8-16(9-5-14)20-12-2-1-3-13-21-17-10-6-15(19)7-11-17;/h1-13,20H;1H. The zero-order valence-corrected chi connectivity index (χ0v) is 15.6. The van der Waals surface area contributed by atoms with Crippen LogP contribution in [0.3, 0.4) is 0 Å². The minimum Gasteiger partial charge on any atom is -0.362 e. The van der Waals surface area contributed by atoms with Crippen molar-refractivity contribution >= 4 is 61.9 Å². The predicted octanol–water partition coefficient (Wildman–Crippen LogP) is 6.52. The molecule has 0 radical (unpaired) electrons. The van der Waals surface area contributed by atoms with Gasteiger partial charge in [-0.05, 0) is 60.7 Å². The summed E-state index contributed by atoms with van der Waals surface area (Å²) < 4.78 is 2.13. The lowest BCUT2D eigenvalue weighted by Gasteiger charge is -1.98. The average Bonchev–Trinajstić information content (AvgIpc) is 2.50. The number of allylic oxidation sites excluding steroid dienone is 3. The molecular formula is C17H15Br2ClN2. The highest BCUT2D eigenvalue weighted by atomic mass is 79.9. The number of rotatable bonds is 5. The van der Waals surface area contributed by atoms with Crippen molar-refractivity contribution in [2.75, 3.05) is 5.32 Å². The number of nitrogens with one attached hydrogen (secondary N) is 1. The maximum Gasteiger partial charge on any atom is 0.0630 e. The minimum atomic E-state index is 0. The van der Waals surface area contributed by atoms with E-state index in [-0.39, 0.29) is 12.4 Å². The molecule has 1 N–H and O–H groups in total. The molecule has 114 valence electrons. The summed E-state index contributed by atoms with van der Waals surface area (Å²) in [6.07, 6.45) is 9.39. The van der Waals surface area contributed by atoms with Gasteiger partial charge in [-0.25, -0.2) is 0 Å². The monoisotopic (exact) mass is 440 g/mol. The van der Waals surface area contributed by atoms with Gasteiger partial charge in [0.2, 0.25) is 0 Å². The molecule has 0 atom stereocenters. The summed E-state index contributed by atoms with van der Waals surface area (Å²) in [5, 5.41) is 3.18. The van der Waals surface area contributed by atoms with Crippen LogP contribution in [-0.4, -0.2) is 6.21 Å². The molecule has 0 saturated heterocycles. The molecule has 0 heterocycles. The van der Waals surface area contributed by atoms with Crippen LogP contribution in [0.5, 0.6) is 0 Å². The topological polar surface area (TPSA) is 24.4 Å². The Morgan fingerprint density at radius 2 is 1.36 bits per heavy atom. The number of anilines is 1. The van der Waals surface area contributed by atoms with Gasteiger partial charge in [0.1, 0.15) is 0 Å². The van der Waals surface area contributed by atoms with Crippen LogP contribution in [0.2, 0.25) is 0 Å². The second-order valence-corrected chi connectivity index (χ2v) is 5.98. The van der Waals surface area contributed by atoms with E-state index in [1.807, 2.05) is 73.0 Å². The van der Waals surface area contributed by atoms with Crippen molar-refractivity contribution in [3.63, 3.8) is 0 Å². The van der Waals surface area contributed by atoms with Crippen LogP contribution >= 0.6 is 44.3 Å².